The number of rotatable bonds is 4. The smallest absolute Gasteiger partial charge is 0.330 e. The van der Waals surface area contributed by atoms with Gasteiger partial charge < -0.3 is 9.84 Å². The molecule has 2 N–H and O–H groups in total. The van der Waals surface area contributed by atoms with Crippen molar-refractivity contribution in [2.75, 3.05) is 5.75 Å². The zero-order chi connectivity index (χ0) is 18.0. The highest BCUT2D eigenvalue weighted by molar-refractivity contribution is 8.14. The van der Waals surface area contributed by atoms with E-state index in [4.69, 9.17) is 4.74 Å². The van der Waals surface area contributed by atoms with Gasteiger partial charge in [-0.15, -0.1) is 0 Å². The van der Waals surface area contributed by atoms with Crippen LogP contribution in [-0.4, -0.2) is 37.7 Å². The van der Waals surface area contributed by atoms with E-state index in [0.29, 0.717) is 11.1 Å². The number of carbonyl (C=O) groups is 1. The number of nitrogens with one attached hydrogen (secondary N) is 1. The van der Waals surface area contributed by atoms with Crippen molar-refractivity contribution in [2.45, 2.75) is 31.8 Å². The summed E-state index contributed by atoms with van der Waals surface area (Å²) in [5, 5.41) is 10.1. The maximum atomic E-state index is 12.1. The van der Waals surface area contributed by atoms with E-state index in [2.05, 4.69) is 4.98 Å². The van der Waals surface area contributed by atoms with E-state index in [1.54, 1.807) is 31.2 Å². The van der Waals surface area contributed by atoms with Crippen molar-refractivity contribution in [3.8, 4) is 0 Å². The van der Waals surface area contributed by atoms with E-state index in [9.17, 15) is 19.5 Å². The minimum Gasteiger partial charge on any atom is -0.390 e. The predicted molar refractivity (Wildman–Crippen MR) is 93.8 cm³/mol. The Morgan fingerprint density at radius 1 is 1.36 bits per heavy atom. The largest absolute Gasteiger partial charge is 0.390 e. The summed E-state index contributed by atoms with van der Waals surface area (Å²) >= 11 is 1.07. The van der Waals surface area contributed by atoms with Crippen LogP contribution in [0.3, 0.4) is 0 Å². The van der Waals surface area contributed by atoms with Crippen LogP contribution >= 0.6 is 11.8 Å². The maximum absolute atomic E-state index is 12.1. The number of nitrogens with zero attached hydrogens (tertiary/aromatic N) is 1. The van der Waals surface area contributed by atoms with Gasteiger partial charge in [-0.05, 0) is 6.92 Å². The van der Waals surface area contributed by atoms with Gasteiger partial charge in [0.1, 0.15) is 6.23 Å². The second-order valence-corrected chi connectivity index (χ2v) is 6.87. The lowest BCUT2D eigenvalue weighted by molar-refractivity contribution is -0.00763. The highest BCUT2D eigenvalue weighted by Crippen LogP contribution is 2.30. The number of aliphatic hydroxyl groups excluding tert-OH is 1. The predicted octanol–water partition coefficient (Wildman–Crippen LogP) is 1.07. The Labute approximate surface area is 147 Å². The minimum absolute atomic E-state index is 0.100. The van der Waals surface area contributed by atoms with Gasteiger partial charge in [0.05, 0.1) is 12.2 Å². The Morgan fingerprint density at radius 3 is 2.80 bits per heavy atom. The number of carbonyl (C=O) groups excluding carboxylic acids is 1. The Balaban J connectivity index is 1.66. The normalized spacial score (nSPS) is 22.9. The van der Waals surface area contributed by atoms with Crippen LogP contribution in [0, 0.1) is 6.92 Å². The van der Waals surface area contributed by atoms with Crippen LogP contribution in [0.25, 0.3) is 0 Å². The van der Waals surface area contributed by atoms with Crippen LogP contribution in [0.4, 0.5) is 0 Å². The Bertz CT molecular complexity index is 877. The summed E-state index contributed by atoms with van der Waals surface area (Å²) in [5.74, 6) is 0.280. The molecule has 3 atom stereocenters. The molecule has 0 saturated carbocycles. The third-order valence-corrected chi connectivity index (χ3v) is 5.04. The average Bonchev–Trinajstić information content (AvgIpc) is 2.97. The third kappa shape index (κ3) is 3.92. The van der Waals surface area contributed by atoms with Gasteiger partial charge >= 0.3 is 5.69 Å². The van der Waals surface area contributed by atoms with Crippen LogP contribution in [0.15, 0.2) is 46.1 Å². The van der Waals surface area contributed by atoms with E-state index < -0.39 is 29.7 Å². The lowest BCUT2D eigenvalue weighted by atomic mass is 10.2. The van der Waals surface area contributed by atoms with Gasteiger partial charge in [0.25, 0.3) is 5.56 Å². The minimum atomic E-state index is -0.791. The Hall–Kier alpha value is -2.16. The van der Waals surface area contributed by atoms with Crippen molar-refractivity contribution in [3.63, 3.8) is 0 Å². The molecule has 0 bridgehead atoms. The van der Waals surface area contributed by atoms with Crippen molar-refractivity contribution in [2.24, 2.45) is 0 Å². The number of aryl methyl sites for hydroxylation is 1. The Kier molecular flexibility index (Phi) is 5.22. The van der Waals surface area contributed by atoms with Gasteiger partial charge in [-0.25, -0.2) is 4.79 Å². The van der Waals surface area contributed by atoms with E-state index in [0.717, 1.165) is 11.8 Å². The van der Waals surface area contributed by atoms with Crippen LogP contribution in [0.2, 0.25) is 0 Å². The van der Waals surface area contributed by atoms with E-state index in [-0.39, 0.29) is 17.3 Å². The van der Waals surface area contributed by atoms with Crippen molar-refractivity contribution in [1.82, 2.24) is 9.55 Å². The van der Waals surface area contributed by atoms with Crippen LogP contribution in [0.1, 0.15) is 28.6 Å². The molecule has 1 aliphatic rings. The summed E-state index contributed by atoms with van der Waals surface area (Å²) in [6.45, 7) is 1.59. The van der Waals surface area contributed by atoms with Gasteiger partial charge in [0, 0.05) is 29.5 Å². The monoisotopic (exact) mass is 362 g/mol. The first kappa shape index (κ1) is 17.7. The summed E-state index contributed by atoms with van der Waals surface area (Å²) in [7, 11) is 0. The third-order valence-electron chi connectivity index (χ3n) is 4.05. The summed E-state index contributed by atoms with van der Waals surface area (Å²) < 4.78 is 7.01. The first-order chi connectivity index (χ1) is 12.0. The van der Waals surface area contributed by atoms with Crippen molar-refractivity contribution in [3.05, 3.63) is 68.5 Å². The topological polar surface area (TPSA) is 101 Å². The second kappa shape index (κ2) is 7.38. The van der Waals surface area contributed by atoms with E-state index in [1.165, 1.54) is 10.8 Å². The van der Waals surface area contributed by atoms with Crippen LogP contribution in [-0.2, 0) is 4.74 Å². The zero-order valence-corrected chi connectivity index (χ0v) is 14.4. The first-order valence-corrected chi connectivity index (χ1v) is 8.82. The molecule has 132 valence electrons. The molecule has 1 aromatic heterocycles. The molecule has 1 aliphatic heterocycles. The summed E-state index contributed by atoms with van der Waals surface area (Å²) in [5.41, 5.74) is -0.0550. The molecule has 0 amide bonds. The molecule has 0 aliphatic carbocycles. The molecule has 2 heterocycles. The molecule has 8 heteroatoms. The number of aromatic nitrogens is 2. The van der Waals surface area contributed by atoms with Crippen LogP contribution in [0.5, 0.6) is 0 Å². The second-order valence-electron chi connectivity index (χ2n) is 5.88. The SMILES string of the molecule is Cc1cn([C@H]2C[C@H](O)[C@@H](CSC(=O)c3ccccc3)O2)c(=O)[nH]c1=O. The Morgan fingerprint density at radius 2 is 2.08 bits per heavy atom. The molecule has 1 saturated heterocycles. The fourth-order valence-corrected chi connectivity index (χ4v) is 3.57. The number of benzene rings is 1. The molecule has 3 rings (SSSR count). The zero-order valence-electron chi connectivity index (χ0n) is 13.5. The average molecular weight is 362 g/mol. The molecule has 0 unspecified atom stereocenters. The van der Waals surface area contributed by atoms with Gasteiger partial charge in [-0.2, -0.15) is 0 Å². The number of hydrogen-bond donors (Lipinski definition) is 2. The van der Waals surface area contributed by atoms with Gasteiger partial charge in [0.2, 0.25) is 5.12 Å². The summed E-state index contributed by atoms with van der Waals surface area (Å²) in [6, 6.07) is 8.87. The molecule has 2 aromatic rings. The fourth-order valence-electron chi connectivity index (χ4n) is 2.65. The molecule has 7 nitrogen and oxygen atoms in total. The summed E-state index contributed by atoms with van der Waals surface area (Å²) in [4.78, 5) is 37.7. The number of H-pyrrole nitrogens is 1. The number of ether oxygens (including phenoxy) is 1. The van der Waals surface area contributed by atoms with Crippen LogP contribution < -0.4 is 11.2 Å². The molecular weight excluding hydrogens is 344 g/mol. The lowest BCUT2D eigenvalue weighted by Gasteiger charge is -2.15. The molecular formula is C17H18N2O5S. The lowest BCUT2D eigenvalue weighted by Crippen LogP contribution is -2.33. The fraction of sp³-hybridized carbons (Fsp3) is 0.353. The molecule has 1 fully saturated rings. The van der Waals surface area contributed by atoms with Crippen molar-refractivity contribution in [1.29, 1.82) is 0 Å². The molecule has 0 spiro atoms. The number of thioether (sulfide) groups is 1. The van der Waals surface area contributed by atoms with E-state index in [1.807, 2.05) is 6.07 Å². The van der Waals surface area contributed by atoms with Gasteiger partial charge in [-0.3, -0.25) is 19.1 Å². The maximum Gasteiger partial charge on any atom is 0.330 e. The molecule has 0 radical (unpaired) electrons. The number of aliphatic hydroxyl groups is 1. The quantitative estimate of drug-likeness (QED) is 0.844. The van der Waals surface area contributed by atoms with Gasteiger partial charge in [0.15, 0.2) is 0 Å². The standard InChI is InChI=1S/C17H18N2O5S/c1-10-8-19(17(23)18-15(10)21)14-7-12(20)13(24-14)9-25-16(22)11-5-3-2-4-6-11/h2-6,8,12-14,20H,7,9H2,1H3,(H,18,21,23)/t12-,13+,14+/m0/s1. The first-order valence-electron chi connectivity index (χ1n) is 7.83. The van der Waals surface area contributed by atoms with Crippen molar-refractivity contribution < 1.29 is 14.6 Å². The summed E-state index contributed by atoms with van der Waals surface area (Å²) in [6.07, 6.45) is -0.392. The van der Waals surface area contributed by atoms with Crippen molar-refractivity contribution >= 4 is 16.9 Å². The molecule has 1 aromatic carbocycles. The number of hydrogen-bond acceptors (Lipinski definition) is 6. The highest BCUT2D eigenvalue weighted by atomic mass is 32.2. The van der Waals surface area contributed by atoms with Gasteiger partial charge in [-0.1, -0.05) is 42.1 Å². The highest BCUT2D eigenvalue weighted by Gasteiger charge is 2.36. The van der Waals surface area contributed by atoms with E-state index >= 15 is 0 Å². The number of aromatic amines is 1. The molecule has 25 heavy (non-hydrogen) atoms.